The fourth-order valence-electron chi connectivity index (χ4n) is 1.96. The number of carbonyl (C=O) groups excluding carboxylic acids is 2. The summed E-state index contributed by atoms with van der Waals surface area (Å²) in [6, 6.07) is 11.4. The lowest BCUT2D eigenvalue weighted by molar-refractivity contribution is 0.0940. The summed E-state index contributed by atoms with van der Waals surface area (Å²) in [4.78, 5) is 22.9. The molecule has 5 nitrogen and oxygen atoms in total. The highest BCUT2D eigenvalue weighted by Gasteiger charge is 2.11. The summed E-state index contributed by atoms with van der Waals surface area (Å²) in [6.45, 7) is 1.81. The van der Waals surface area contributed by atoms with Gasteiger partial charge in [0.1, 0.15) is 5.82 Å². The molecule has 0 fully saturated rings. The summed E-state index contributed by atoms with van der Waals surface area (Å²) >= 11 is 0. The van der Waals surface area contributed by atoms with E-state index in [0.29, 0.717) is 11.3 Å². The van der Waals surface area contributed by atoms with Crippen LogP contribution in [0, 0.1) is 5.82 Å². The number of amides is 3. The molecule has 1 atom stereocenters. The van der Waals surface area contributed by atoms with Crippen LogP contribution in [-0.4, -0.2) is 11.9 Å². The monoisotopic (exact) mass is 301 g/mol. The standard InChI is InChI=1S/C16H16FN3O2/c1-10(11-2-6-13(17)7-3-11)19-15(21)12-4-8-14(9-5-12)20-16(18)22/h2-10H,1H3,(H,19,21)(H3,18,20,22)/t10-/m0/s1. The Bertz CT molecular complexity index is 669. The quantitative estimate of drug-likeness (QED) is 0.811. The molecular formula is C16H16FN3O2. The Morgan fingerprint density at radius 3 is 2.18 bits per heavy atom. The zero-order valence-electron chi connectivity index (χ0n) is 12.0. The number of carbonyl (C=O) groups is 2. The molecule has 114 valence electrons. The third kappa shape index (κ3) is 4.05. The third-order valence-electron chi connectivity index (χ3n) is 3.13. The van der Waals surface area contributed by atoms with Crippen molar-refractivity contribution in [3.8, 4) is 0 Å². The molecule has 0 aliphatic rings. The number of hydrogen-bond acceptors (Lipinski definition) is 2. The molecule has 0 unspecified atom stereocenters. The van der Waals surface area contributed by atoms with Gasteiger partial charge < -0.3 is 16.4 Å². The van der Waals surface area contributed by atoms with Gasteiger partial charge >= 0.3 is 6.03 Å². The van der Waals surface area contributed by atoms with Crippen LogP contribution in [0.4, 0.5) is 14.9 Å². The van der Waals surface area contributed by atoms with Crippen LogP contribution in [0.25, 0.3) is 0 Å². The molecule has 4 N–H and O–H groups in total. The second kappa shape index (κ2) is 6.71. The molecule has 2 rings (SSSR count). The fraction of sp³-hybridized carbons (Fsp3) is 0.125. The number of halogens is 1. The average Bonchev–Trinajstić information content (AvgIpc) is 2.48. The van der Waals surface area contributed by atoms with Gasteiger partial charge in [-0.3, -0.25) is 4.79 Å². The Labute approximate surface area is 127 Å². The van der Waals surface area contributed by atoms with E-state index >= 15 is 0 Å². The average molecular weight is 301 g/mol. The lowest BCUT2D eigenvalue weighted by Gasteiger charge is -2.14. The Morgan fingerprint density at radius 1 is 1.05 bits per heavy atom. The van der Waals surface area contributed by atoms with Crippen LogP contribution in [0.1, 0.15) is 28.9 Å². The van der Waals surface area contributed by atoms with E-state index in [2.05, 4.69) is 10.6 Å². The summed E-state index contributed by atoms with van der Waals surface area (Å²) in [5.74, 6) is -0.581. The van der Waals surface area contributed by atoms with E-state index in [4.69, 9.17) is 5.73 Å². The van der Waals surface area contributed by atoms with Gasteiger partial charge in [-0.1, -0.05) is 12.1 Å². The predicted octanol–water partition coefficient (Wildman–Crippen LogP) is 2.81. The van der Waals surface area contributed by atoms with E-state index < -0.39 is 6.03 Å². The number of primary amides is 1. The molecule has 0 radical (unpaired) electrons. The van der Waals surface area contributed by atoms with Crippen LogP contribution < -0.4 is 16.4 Å². The van der Waals surface area contributed by atoms with Crippen molar-refractivity contribution in [2.75, 3.05) is 5.32 Å². The van der Waals surface area contributed by atoms with Crippen molar-refractivity contribution < 1.29 is 14.0 Å². The molecule has 0 saturated heterocycles. The first kappa shape index (κ1) is 15.5. The fourth-order valence-corrected chi connectivity index (χ4v) is 1.96. The minimum absolute atomic E-state index is 0.253. The van der Waals surface area contributed by atoms with Gasteiger partial charge in [0.05, 0.1) is 6.04 Å². The number of benzene rings is 2. The van der Waals surface area contributed by atoms with Gasteiger partial charge in [-0.25, -0.2) is 9.18 Å². The molecule has 22 heavy (non-hydrogen) atoms. The van der Waals surface area contributed by atoms with Crippen LogP contribution in [0.2, 0.25) is 0 Å². The minimum atomic E-state index is -0.665. The summed E-state index contributed by atoms with van der Waals surface area (Å²) in [6.07, 6.45) is 0. The van der Waals surface area contributed by atoms with Gasteiger partial charge in [0, 0.05) is 11.3 Å². The molecule has 0 aliphatic heterocycles. The van der Waals surface area contributed by atoms with E-state index in [1.807, 2.05) is 6.92 Å². The van der Waals surface area contributed by atoms with Crippen molar-refractivity contribution in [2.45, 2.75) is 13.0 Å². The highest BCUT2D eigenvalue weighted by Crippen LogP contribution is 2.15. The van der Waals surface area contributed by atoms with Gasteiger partial charge in [0.15, 0.2) is 0 Å². The first-order valence-electron chi connectivity index (χ1n) is 6.68. The van der Waals surface area contributed by atoms with E-state index in [-0.39, 0.29) is 17.8 Å². The molecular weight excluding hydrogens is 285 g/mol. The number of urea groups is 1. The van der Waals surface area contributed by atoms with Crippen LogP contribution in [0.3, 0.4) is 0 Å². The van der Waals surface area contributed by atoms with Crippen molar-refractivity contribution in [2.24, 2.45) is 5.73 Å². The maximum Gasteiger partial charge on any atom is 0.316 e. The molecule has 0 bridgehead atoms. The number of nitrogens with one attached hydrogen (secondary N) is 2. The van der Waals surface area contributed by atoms with E-state index in [1.165, 1.54) is 12.1 Å². The second-order valence-corrected chi connectivity index (χ2v) is 4.81. The van der Waals surface area contributed by atoms with Gasteiger partial charge in [-0.05, 0) is 48.9 Å². The SMILES string of the molecule is C[C@H](NC(=O)c1ccc(NC(N)=O)cc1)c1ccc(F)cc1. The van der Waals surface area contributed by atoms with Gasteiger partial charge in [-0.2, -0.15) is 0 Å². The van der Waals surface area contributed by atoms with Crippen molar-refractivity contribution in [3.05, 3.63) is 65.5 Å². The summed E-state index contributed by atoms with van der Waals surface area (Å²) < 4.78 is 12.9. The van der Waals surface area contributed by atoms with E-state index in [1.54, 1.807) is 36.4 Å². The number of hydrogen-bond donors (Lipinski definition) is 3. The van der Waals surface area contributed by atoms with Crippen LogP contribution in [-0.2, 0) is 0 Å². The third-order valence-corrected chi connectivity index (χ3v) is 3.13. The van der Waals surface area contributed by atoms with Gasteiger partial charge in [0.25, 0.3) is 5.91 Å². The lowest BCUT2D eigenvalue weighted by Crippen LogP contribution is -2.26. The largest absolute Gasteiger partial charge is 0.351 e. The molecule has 6 heteroatoms. The summed E-state index contributed by atoms with van der Waals surface area (Å²) in [5.41, 5.74) is 6.77. The molecule has 0 aromatic heterocycles. The maximum atomic E-state index is 12.9. The molecule has 2 aromatic rings. The Kier molecular flexibility index (Phi) is 4.73. The highest BCUT2D eigenvalue weighted by molar-refractivity contribution is 5.95. The van der Waals surface area contributed by atoms with Crippen molar-refractivity contribution in [1.29, 1.82) is 0 Å². The first-order chi connectivity index (χ1) is 10.5. The van der Waals surface area contributed by atoms with Crippen LogP contribution in [0.5, 0.6) is 0 Å². The molecule has 0 aliphatic carbocycles. The Balaban J connectivity index is 2.02. The number of anilines is 1. The Hall–Kier alpha value is -2.89. The van der Waals surface area contributed by atoms with Crippen LogP contribution in [0.15, 0.2) is 48.5 Å². The smallest absolute Gasteiger partial charge is 0.316 e. The van der Waals surface area contributed by atoms with Crippen molar-refractivity contribution >= 4 is 17.6 Å². The van der Waals surface area contributed by atoms with Crippen molar-refractivity contribution in [1.82, 2.24) is 5.32 Å². The second-order valence-electron chi connectivity index (χ2n) is 4.81. The van der Waals surface area contributed by atoms with E-state index in [9.17, 15) is 14.0 Å². The molecule has 0 spiro atoms. The summed E-state index contributed by atoms with van der Waals surface area (Å²) in [5, 5.41) is 5.23. The first-order valence-corrected chi connectivity index (χ1v) is 6.68. The topological polar surface area (TPSA) is 84.2 Å². The molecule has 2 aromatic carbocycles. The summed E-state index contributed by atoms with van der Waals surface area (Å²) in [7, 11) is 0. The zero-order valence-corrected chi connectivity index (χ0v) is 12.0. The maximum absolute atomic E-state index is 12.9. The highest BCUT2D eigenvalue weighted by atomic mass is 19.1. The van der Waals surface area contributed by atoms with Crippen LogP contribution >= 0.6 is 0 Å². The minimum Gasteiger partial charge on any atom is -0.351 e. The molecule has 0 saturated carbocycles. The van der Waals surface area contributed by atoms with E-state index in [0.717, 1.165) is 5.56 Å². The zero-order chi connectivity index (χ0) is 16.1. The number of rotatable bonds is 4. The molecule has 0 heterocycles. The lowest BCUT2D eigenvalue weighted by atomic mass is 10.1. The number of nitrogens with two attached hydrogens (primary N) is 1. The van der Waals surface area contributed by atoms with Gasteiger partial charge in [0.2, 0.25) is 0 Å². The Morgan fingerprint density at radius 2 is 1.64 bits per heavy atom. The van der Waals surface area contributed by atoms with Crippen molar-refractivity contribution in [3.63, 3.8) is 0 Å². The molecule has 3 amide bonds. The predicted molar refractivity (Wildman–Crippen MR) is 81.9 cm³/mol. The normalized spacial score (nSPS) is 11.5. The van der Waals surface area contributed by atoms with Gasteiger partial charge in [-0.15, -0.1) is 0 Å².